The molecule has 6 nitrogen and oxygen atoms in total. The van der Waals surface area contributed by atoms with Crippen LogP contribution in [0.25, 0.3) is 0 Å². The molecule has 1 fully saturated rings. The van der Waals surface area contributed by atoms with Gasteiger partial charge in [-0.3, -0.25) is 9.59 Å². The lowest BCUT2D eigenvalue weighted by Gasteiger charge is -2.32. The lowest BCUT2D eigenvalue weighted by molar-refractivity contribution is -0.121. The summed E-state index contributed by atoms with van der Waals surface area (Å²) in [6, 6.07) is 9.02. The summed E-state index contributed by atoms with van der Waals surface area (Å²) < 4.78 is 3.75. The van der Waals surface area contributed by atoms with Gasteiger partial charge in [-0.15, -0.1) is 5.10 Å². The Labute approximate surface area is 132 Å². The van der Waals surface area contributed by atoms with Gasteiger partial charge in [-0.05, 0) is 43.4 Å². The van der Waals surface area contributed by atoms with Crippen molar-refractivity contribution >= 4 is 29.0 Å². The third kappa shape index (κ3) is 2.85. The Bertz CT molecular complexity index is 686. The maximum absolute atomic E-state index is 12.6. The van der Waals surface area contributed by atoms with E-state index in [1.165, 1.54) is 0 Å². The van der Waals surface area contributed by atoms with E-state index >= 15 is 0 Å². The molecule has 1 saturated heterocycles. The number of hydrogen-bond donors (Lipinski definition) is 1. The molecule has 1 aliphatic heterocycles. The summed E-state index contributed by atoms with van der Waals surface area (Å²) in [4.78, 5) is 27.0. The van der Waals surface area contributed by atoms with Gasteiger partial charge in [-0.25, -0.2) is 0 Å². The van der Waals surface area contributed by atoms with Crippen LogP contribution in [-0.4, -0.2) is 34.0 Å². The van der Waals surface area contributed by atoms with Crippen LogP contribution in [0.5, 0.6) is 0 Å². The zero-order valence-electron chi connectivity index (χ0n) is 12.2. The number of benzene rings is 1. The first-order valence-corrected chi connectivity index (χ1v) is 7.90. The SMILES string of the molecule is Cc1nnsc1C(=O)N[C@H]1CCCN(c2ccccc2)C1=O. The normalized spacial score (nSPS) is 18.3. The molecule has 22 heavy (non-hydrogen) atoms. The number of para-hydroxylation sites is 1. The fourth-order valence-electron chi connectivity index (χ4n) is 2.54. The van der Waals surface area contributed by atoms with Crippen molar-refractivity contribution in [3.8, 4) is 0 Å². The molecule has 1 aliphatic rings. The Balaban J connectivity index is 1.73. The molecule has 0 bridgehead atoms. The van der Waals surface area contributed by atoms with E-state index in [9.17, 15) is 9.59 Å². The summed E-state index contributed by atoms with van der Waals surface area (Å²) in [6.07, 6.45) is 1.50. The van der Waals surface area contributed by atoms with Crippen LogP contribution in [0.1, 0.15) is 28.2 Å². The van der Waals surface area contributed by atoms with Gasteiger partial charge in [0.15, 0.2) is 0 Å². The van der Waals surface area contributed by atoms with Crippen molar-refractivity contribution in [3.63, 3.8) is 0 Å². The van der Waals surface area contributed by atoms with Crippen LogP contribution >= 0.6 is 11.5 Å². The molecule has 0 aliphatic carbocycles. The second-order valence-corrected chi connectivity index (χ2v) is 5.94. The van der Waals surface area contributed by atoms with Gasteiger partial charge in [0.1, 0.15) is 10.9 Å². The first-order chi connectivity index (χ1) is 10.7. The van der Waals surface area contributed by atoms with Crippen molar-refractivity contribution in [2.45, 2.75) is 25.8 Å². The lowest BCUT2D eigenvalue weighted by atomic mass is 10.0. The highest BCUT2D eigenvalue weighted by atomic mass is 32.1. The van der Waals surface area contributed by atoms with Crippen molar-refractivity contribution < 1.29 is 9.59 Å². The zero-order chi connectivity index (χ0) is 15.5. The number of nitrogens with zero attached hydrogens (tertiary/aromatic N) is 3. The minimum Gasteiger partial charge on any atom is -0.339 e. The predicted molar refractivity (Wildman–Crippen MR) is 83.9 cm³/mol. The van der Waals surface area contributed by atoms with E-state index in [1.54, 1.807) is 11.8 Å². The molecule has 1 aromatic carbocycles. The van der Waals surface area contributed by atoms with Crippen molar-refractivity contribution in [1.82, 2.24) is 14.9 Å². The summed E-state index contributed by atoms with van der Waals surface area (Å²) >= 11 is 1.05. The molecule has 0 radical (unpaired) electrons. The number of nitrogens with one attached hydrogen (secondary N) is 1. The van der Waals surface area contributed by atoms with Gasteiger partial charge < -0.3 is 10.2 Å². The Morgan fingerprint density at radius 2 is 2.14 bits per heavy atom. The van der Waals surface area contributed by atoms with E-state index < -0.39 is 6.04 Å². The number of carbonyl (C=O) groups excluding carboxylic acids is 2. The van der Waals surface area contributed by atoms with Crippen molar-refractivity contribution in [2.24, 2.45) is 0 Å². The molecule has 114 valence electrons. The Morgan fingerprint density at radius 3 is 2.82 bits per heavy atom. The van der Waals surface area contributed by atoms with Crippen molar-refractivity contribution in [3.05, 3.63) is 40.9 Å². The van der Waals surface area contributed by atoms with Gasteiger partial charge in [0.25, 0.3) is 5.91 Å². The summed E-state index contributed by atoms with van der Waals surface area (Å²) in [6.45, 7) is 2.41. The number of rotatable bonds is 3. The second-order valence-electron chi connectivity index (χ2n) is 5.18. The highest BCUT2D eigenvalue weighted by Crippen LogP contribution is 2.21. The summed E-state index contributed by atoms with van der Waals surface area (Å²) in [5.74, 6) is -0.346. The highest BCUT2D eigenvalue weighted by molar-refractivity contribution is 7.08. The molecule has 2 heterocycles. The topological polar surface area (TPSA) is 75.2 Å². The summed E-state index contributed by atoms with van der Waals surface area (Å²) in [7, 11) is 0. The highest BCUT2D eigenvalue weighted by Gasteiger charge is 2.31. The predicted octanol–water partition coefficient (Wildman–Crippen LogP) is 1.77. The molecule has 7 heteroatoms. The summed E-state index contributed by atoms with van der Waals surface area (Å²) in [5.41, 5.74) is 1.45. The largest absolute Gasteiger partial charge is 0.339 e. The number of anilines is 1. The second kappa shape index (κ2) is 6.23. The first kappa shape index (κ1) is 14.6. The molecular formula is C15H16N4O2S. The quantitative estimate of drug-likeness (QED) is 0.936. The fraction of sp³-hybridized carbons (Fsp3) is 0.333. The van der Waals surface area contributed by atoms with Gasteiger partial charge in [0, 0.05) is 12.2 Å². The molecule has 0 saturated carbocycles. The molecule has 0 unspecified atom stereocenters. The van der Waals surface area contributed by atoms with Gasteiger partial charge >= 0.3 is 0 Å². The standard InChI is InChI=1S/C15H16N4O2S/c1-10-13(22-18-17-10)14(20)16-12-8-5-9-19(15(12)21)11-6-3-2-4-7-11/h2-4,6-7,12H,5,8-9H2,1H3,(H,16,20)/t12-/m0/s1. The zero-order valence-corrected chi connectivity index (χ0v) is 13.0. The van der Waals surface area contributed by atoms with Crippen molar-refractivity contribution in [2.75, 3.05) is 11.4 Å². The smallest absolute Gasteiger partial charge is 0.265 e. The Morgan fingerprint density at radius 1 is 1.36 bits per heavy atom. The average molecular weight is 316 g/mol. The number of aryl methyl sites for hydroxylation is 1. The van der Waals surface area contributed by atoms with E-state index in [2.05, 4.69) is 14.9 Å². The number of hydrogen-bond acceptors (Lipinski definition) is 5. The lowest BCUT2D eigenvalue weighted by Crippen LogP contribution is -2.52. The minimum absolute atomic E-state index is 0.0686. The molecule has 2 amide bonds. The average Bonchev–Trinajstić information content (AvgIpc) is 2.96. The maximum Gasteiger partial charge on any atom is 0.265 e. The third-order valence-corrected chi connectivity index (χ3v) is 4.50. The number of carbonyl (C=O) groups is 2. The molecule has 1 aromatic heterocycles. The van der Waals surface area contributed by atoms with Crippen LogP contribution in [-0.2, 0) is 4.79 Å². The minimum atomic E-state index is -0.497. The third-order valence-electron chi connectivity index (χ3n) is 3.67. The monoisotopic (exact) mass is 316 g/mol. The number of amides is 2. The van der Waals surface area contributed by atoms with Gasteiger partial charge in [0.2, 0.25) is 5.91 Å². The van der Waals surface area contributed by atoms with Gasteiger partial charge in [-0.2, -0.15) is 0 Å². The van der Waals surface area contributed by atoms with E-state index in [1.807, 2.05) is 30.3 Å². The molecule has 3 rings (SSSR count). The van der Waals surface area contributed by atoms with E-state index in [0.29, 0.717) is 23.5 Å². The van der Waals surface area contributed by atoms with E-state index in [0.717, 1.165) is 23.6 Å². The molecule has 0 spiro atoms. The van der Waals surface area contributed by atoms with E-state index in [-0.39, 0.29) is 11.8 Å². The van der Waals surface area contributed by atoms with Crippen molar-refractivity contribution in [1.29, 1.82) is 0 Å². The van der Waals surface area contributed by atoms with Gasteiger partial charge in [-0.1, -0.05) is 22.7 Å². The summed E-state index contributed by atoms with van der Waals surface area (Å²) in [5, 5.41) is 6.64. The Hall–Kier alpha value is -2.28. The van der Waals surface area contributed by atoms with Crippen LogP contribution < -0.4 is 10.2 Å². The molecule has 2 aromatic rings. The number of aromatic nitrogens is 2. The van der Waals surface area contributed by atoms with Crippen LogP contribution in [0.15, 0.2) is 30.3 Å². The molecular weight excluding hydrogens is 300 g/mol. The first-order valence-electron chi connectivity index (χ1n) is 7.13. The van der Waals surface area contributed by atoms with E-state index in [4.69, 9.17) is 0 Å². The molecule has 1 N–H and O–H groups in total. The van der Waals surface area contributed by atoms with Gasteiger partial charge in [0.05, 0.1) is 5.69 Å². The Kier molecular flexibility index (Phi) is 4.15. The molecule has 1 atom stereocenters. The fourth-order valence-corrected chi connectivity index (χ4v) is 3.10. The van der Waals surface area contributed by atoms with Crippen LogP contribution in [0.4, 0.5) is 5.69 Å². The number of piperidine rings is 1. The maximum atomic E-state index is 12.6. The van der Waals surface area contributed by atoms with Crippen LogP contribution in [0.2, 0.25) is 0 Å². The van der Waals surface area contributed by atoms with Crippen LogP contribution in [0, 0.1) is 6.92 Å². The van der Waals surface area contributed by atoms with Crippen LogP contribution in [0.3, 0.4) is 0 Å².